The van der Waals surface area contributed by atoms with Gasteiger partial charge < -0.3 is 20.7 Å². The van der Waals surface area contributed by atoms with Gasteiger partial charge in [0.1, 0.15) is 11.5 Å². The zero-order chi connectivity index (χ0) is 23.9. The maximum absolute atomic E-state index is 12.9. The number of aromatic nitrogens is 2. The molecule has 0 bridgehead atoms. The summed E-state index contributed by atoms with van der Waals surface area (Å²) >= 11 is 6.07. The quantitative estimate of drug-likeness (QED) is 0.405. The van der Waals surface area contributed by atoms with Crippen LogP contribution in [0.25, 0.3) is 16.9 Å². The molecular formula is C24H25ClN6O3. The van der Waals surface area contributed by atoms with Crippen LogP contribution in [0.5, 0.6) is 0 Å². The van der Waals surface area contributed by atoms with Crippen molar-refractivity contribution in [2.24, 2.45) is 0 Å². The fraction of sp³-hybridized carbons (Fsp3) is 0.333. The molecule has 2 amide bonds. The number of carbonyl (C=O) groups is 2. The van der Waals surface area contributed by atoms with E-state index in [4.69, 9.17) is 26.6 Å². The predicted molar refractivity (Wildman–Crippen MR) is 129 cm³/mol. The molecule has 3 N–H and O–H groups in total. The summed E-state index contributed by atoms with van der Waals surface area (Å²) in [5.74, 6) is -0.0317. The maximum Gasteiger partial charge on any atom is 0.255 e. The lowest BCUT2D eigenvalue weighted by Gasteiger charge is -2.13. The van der Waals surface area contributed by atoms with E-state index in [-0.39, 0.29) is 31.5 Å². The molecule has 0 saturated carbocycles. The Hall–Kier alpha value is -3.61. The average Bonchev–Trinajstić information content (AvgIpc) is 3.49. The minimum atomic E-state index is -0.417. The van der Waals surface area contributed by atoms with Crippen LogP contribution >= 0.6 is 11.6 Å². The van der Waals surface area contributed by atoms with Crippen LogP contribution in [0.15, 0.2) is 42.6 Å². The summed E-state index contributed by atoms with van der Waals surface area (Å²) in [5, 5.41) is 17.9. The molecule has 0 spiro atoms. The molecule has 0 aliphatic carbocycles. The number of hydrogen-bond acceptors (Lipinski definition) is 6. The number of pyridine rings is 1. The number of halogens is 1. The van der Waals surface area contributed by atoms with Crippen molar-refractivity contribution in [3.8, 4) is 17.3 Å². The van der Waals surface area contributed by atoms with Crippen LogP contribution in [-0.2, 0) is 9.53 Å². The summed E-state index contributed by atoms with van der Waals surface area (Å²) in [4.78, 5) is 29.6. The molecule has 3 heterocycles. The molecule has 4 rings (SSSR count). The first-order chi connectivity index (χ1) is 16.6. The second-order valence-electron chi connectivity index (χ2n) is 7.89. The Morgan fingerprint density at radius 3 is 2.79 bits per heavy atom. The molecule has 0 radical (unpaired) electrons. The number of nitrogens with one attached hydrogen (secondary N) is 3. The van der Waals surface area contributed by atoms with Gasteiger partial charge in [0.25, 0.3) is 5.91 Å². The Morgan fingerprint density at radius 2 is 2.06 bits per heavy atom. The Balaban J connectivity index is 1.61. The number of ether oxygens (including phenoxy) is 1. The highest BCUT2D eigenvalue weighted by Crippen LogP contribution is 2.31. The maximum atomic E-state index is 12.9. The van der Waals surface area contributed by atoms with Crippen molar-refractivity contribution in [2.45, 2.75) is 25.4 Å². The number of imidazole rings is 1. The molecule has 1 aliphatic heterocycles. The summed E-state index contributed by atoms with van der Waals surface area (Å²) in [6, 6.07) is 12.7. The number of rotatable bonds is 9. The van der Waals surface area contributed by atoms with Crippen LogP contribution in [0.1, 0.15) is 29.6 Å². The second-order valence-corrected chi connectivity index (χ2v) is 8.32. The highest BCUT2D eigenvalue weighted by molar-refractivity contribution is 6.30. The number of anilines is 1. The first kappa shape index (κ1) is 23.5. The second kappa shape index (κ2) is 11.0. The van der Waals surface area contributed by atoms with E-state index < -0.39 is 5.91 Å². The van der Waals surface area contributed by atoms with Crippen molar-refractivity contribution in [3.63, 3.8) is 0 Å². The van der Waals surface area contributed by atoms with Crippen LogP contribution in [-0.4, -0.2) is 53.5 Å². The average molecular weight is 481 g/mol. The van der Waals surface area contributed by atoms with Crippen LogP contribution in [0.3, 0.4) is 0 Å². The number of fused-ring (bicyclic) bond motifs is 1. The van der Waals surface area contributed by atoms with Crippen LogP contribution in [0.4, 0.5) is 5.82 Å². The van der Waals surface area contributed by atoms with Gasteiger partial charge in [-0.1, -0.05) is 23.7 Å². The van der Waals surface area contributed by atoms with Gasteiger partial charge in [-0.2, -0.15) is 5.26 Å². The van der Waals surface area contributed by atoms with Gasteiger partial charge in [0.15, 0.2) is 5.65 Å². The number of hydrogen-bond donors (Lipinski definition) is 3. The highest BCUT2D eigenvalue weighted by Gasteiger charge is 2.22. The molecule has 176 valence electrons. The third-order valence-corrected chi connectivity index (χ3v) is 5.75. The van der Waals surface area contributed by atoms with Crippen molar-refractivity contribution < 1.29 is 14.3 Å². The van der Waals surface area contributed by atoms with Gasteiger partial charge in [-0.05, 0) is 37.1 Å². The van der Waals surface area contributed by atoms with E-state index in [1.165, 1.54) is 0 Å². The molecule has 1 aliphatic rings. The fourth-order valence-electron chi connectivity index (χ4n) is 3.81. The number of carbonyl (C=O) groups excluding carboxylic acids is 2. The van der Waals surface area contributed by atoms with Crippen molar-refractivity contribution in [1.82, 2.24) is 20.0 Å². The van der Waals surface area contributed by atoms with Crippen LogP contribution < -0.4 is 16.0 Å². The minimum Gasteiger partial charge on any atom is -0.376 e. The van der Waals surface area contributed by atoms with E-state index in [0.29, 0.717) is 28.5 Å². The van der Waals surface area contributed by atoms with Gasteiger partial charge in [0.05, 0.1) is 30.7 Å². The van der Waals surface area contributed by atoms with Gasteiger partial charge >= 0.3 is 0 Å². The first-order valence-electron chi connectivity index (χ1n) is 11.1. The third kappa shape index (κ3) is 5.47. The van der Waals surface area contributed by atoms with E-state index >= 15 is 0 Å². The monoisotopic (exact) mass is 480 g/mol. The number of nitrogens with zero attached hydrogens (tertiary/aromatic N) is 3. The Morgan fingerprint density at radius 1 is 1.24 bits per heavy atom. The van der Waals surface area contributed by atoms with Gasteiger partial charge in [0, 0.05) is 36.5 Å². The SMILES string of the molecule is N#CCCNC(=O)CNC(=O)c1cccn2c(NCC3CCCO3)c(-c3ccc(Cl)cc3)nc12. The molecular weight excluding hydrogens is 456 g/mol. The minimum absolute atomic E-state index is 0.120. The topological polar surface area (TPSA) is 121 Å². The van der Waals surface area contributed by atoms with E-state index in [9.17, 15) is 9.59 Å². The van der Waals surface area contributed by atoms with E-state index in [2.05, 4.69) is 16.0 Å². The molecule has 1 aromatic carbocycles. The number of nitriles is 1. The smallest absolute Gasteiger partial charge is 0.255 e. The lowest BCUT2D eigenvalue weighted by atomic mass is 10.1. The summed E-state index contributed by atoms with van der Waals surface area (Å²) in [7, 11) is 0. The summed E-state index contributed by atoms with van der Waals surface area (Å²) in [5.41, 5.74) is 2.34. The zero-order valence-corrected chi connectivity index (χ0v) is 19.3. The molecule has 1 unspecified atom stereocenters. The van der Waals surface area contributed by atoms with E-state index in [1.54, 1.807) is 24.3 Å². The standard InChI is InChI=1S/C24H25ClN6O3/c25-17-8-6-16(7-9-17)21-23(28-14-18-4-2-13-34-18)31-12-1-5-19(22(31)30-21)24(33)29-15-20(32)27-11-3-10-26/h1,5-9,12,18,28H,2-4,11,13-15H2,(H,27,32)(H,29,33). The predicted octanol–water partition coefficient (Wildman–Crippen LogP) is 3.01. The zero-order valence-electron chi connectivity index (χ0n) is 18.5. The fourth-order valence-corrected chi connectivity index (χ4v) is 3.94. The van der Waals surface area contributed by atoms with E-state index in [0.717, 1.165) is 30.8 Å². The molecule has 1 saturated heterocycles. The van der Waals surface area contributed by atoms with Gasteiger partial charge in [-0.3, -0.25) is 14.0 Å². The lowest BCUT2D eigenvalue weighted by Crippen LogP contribution is -2.37. The van der Waals surface area contributed by atoms with E-state index in [1.807, 2.05) is 28.8 Å². The molecule has 1 fully saturated rings. The Bertz CT molecular complexity index is 1210. The van der Waals surface area contributed by atoms with Crippen molar-refractivity contribution in [2.75, 3.05) is 31.6 Å². The van der Waals surface area contributed by atoms with Crippen LogP contribution in [0.2, 0.25) is 5.02 Å². The van der Waals surface area contributed by atoms with Crippen molar-refractivity contribution >= 4 is 34.9 Å². The normalized spacial score (nSPS) is 15.1. The van der Waals surface area contributed by atoms with Gasteiger partial charge in [-0.15, -0.1) is 0 Å². The Kier molecular flexibility index (Phi) is 7.62. The largest absolute Gasteiger partial charge is 0.376 e. The highest BCUT2D eigenvalue weighted by atomic mass is 35.5. The van der Waals surface area contributed by atoms with Gasteiger partial charge in [0.2, 0.25) is 5.91 Å². The summed E-state index contributed by atoms with van der Waals surface area (Å²) in [6.45, 7) is 1.43. The first-order valence-corrected chi connectivity index (χ1v) is 11.5. The van der Waals surface area contributed by atoms with Crippen LogP contribution in [0, 0.1) is 11.3 Å². The molecule has 10 heteroatoms. The molecule has 9 nitrogen and oxygen atoms in total. The lowest BCUT2D eigenvalue weighted by molar-refractivity contribution is -0.120. The molecule has 3 aromatic rings. The number of benzene rings is 1. The molecule has 2 aromatic heterocycles. The third-order valence-electron chi connectivity index (χ3n) is 5.50. The molecule has 34 heavy (non-hydrogen) atoms. The number of amides is 2. The summed E-state index contributed by atoms with van der Waals surface area (Å²) < 4.78 is 7.58. The Labute approximate surface area is 202 Å². The van der Waals surface area contributed by atoms with Crippen molar-refractivity contribution in [3.05, 3.63) is 53.2 Å². The molecule has 1 atom stereocenters. The van der Waals surface area contributed by atoms with Gasteiger partial charge in [-0.25, -0.2) is 4.98 Å². The summed E-state index contributed by atoms with van der Waals surface area (Å²) in [6.07, 6.45) is 4.20. The van der Waals surface area contributed by atoms with Crippen molar-refractivity contribution in [1.29, 1.82) is 5.26 Å².